The van der Waals surface area contributed by atoms with Gasteiger partial charge in [0.1, 0.15) is 11.9 Å². The molecule has 0 spiro atoms. The zero-order chi connectivity index (χ0) is 18.4. The standard InChI is InChI=1S/C21H24ClN3O/c1-24(2)19-4-3-5-20(14-19)26-21(15-25-13-12-23-16-25)11-8-17-6-9-18(22)10-7-17/h3-7,9-10,12-14,16,21H,8,11,15H2,1-2H3. The second kappa shape index (κ2) is 8.77. The molecule has 1 unspecified atom stereocenters. The average molecular weight is 370 g/mol. The Balaban J connectivity index is 1.70. The molecule has 2 aromatic carbocycles. The predicted octanol–water partition coefficient (Wildman–Crippen LogP) is 4.68. The number of imidazole rings is 1. The summed E-state index contributed by atoms with van der Waals surface area (Å²) in [5.74, 6) is 0.887. The number of aromatic nitrogens is 2. The maximum Gasteiger partial charge on any atom is 0.121 e. The second-order valence-corrected chi connectivity index (χ2v) is 6.99. The molecule has 0 radical (unpaired) electrons. The molecule has 0 aliphatic rings. The summed E-state index contributed by atoms with van der Waals surface area (Å²) in [6.07, 6.45) is 7.49. The van der Waals surface area contributed by atoms with Crippen LogP contribution >= 0.6 is 11.6 Å². The normalized spacial score (nSPS) is 12.0. The summed E-state index contributed by atoms with van der Waals surface area (Å²) in [6.45, 7) is 0.764. The predicted molar refractivity (Wildman–Crippen MR) is 107 cm³/mol. The van der Waals surface area contributed by atoms with Gasteiger partial charge in [-0.1, -0.05) is 29.8 Å². The molecule has 26 heavy (non-hydrogen) atoms. The van der Waals surface area contributed by atoms with Gasteiger partial charge in [0.05, 0.1) is 12.9 Å². The zero-order valence-electron chi connectivity index (χ0n) is 15.2. The smallest absolute Gasteiger partial charge is 0.121 e. The minimum atomic E-state index is 0.0530. The molecule has 0 N–H and O–H groups in total. The third kappa shape index (κ3) is 5.27. The Labute approximate surface area is 160 Å². The van der Waals surface area contributed by atoms with E-state index in [4.69, 9.17) is 16.3 Å². The molecule has 0 bridgehead atoms. The van der Waals surface area contributed by atoms with Crippen LogP contribution in [-0.4, -0.2) is 29.8 Å². The number of rotatable bonds is 8. The van der Waals surface area contributed by atoms with E-state index in [9.17, 15) is 0 Å². The monoisotopic (exact) mass is 369 g/mol. The molecule has 0 amide bonds. The molecule has 4 nitrogen and oxygen atoms in total. The molecular formula is C21H24ClN3O. The molecule has 1 atom stereocenters. The highest BCUT2D eigenvalue weighted by atomic mass is 35.5. The first-order valence-electron chi connectivity index (χ1n) is 8.74. The van der Waals surface area contributed by atoms with Crippen molar-refractivity contribution in [1.29, 1.82) is 0 Å². The molecule has 1 aromatic heterocycles. The maximum absolute atomic E-state index is 6.32. The minimum Gasteiger partial charge on any atom is -0.488 e. The molecule has 0 saturated carbocycles. The van der Waals surface area contributed by atoms with Gasteiger partial charge in [0.25, 0.3) is 0 Å². The Morgan fingerprint density at radius 2 is 1.96 bits per heavy atom. The van der Waals surface area contributed by atoms with Crippen molar-refractivity contribution in [3.8, 4) is 5.75 Å². The molecular weight excluding hydrogens is 346 g/mol. The molecule has 0 aliphatic carbocycles. The van der Waals surface area contributed by atoms with Gasteiger partial charge in [-0.15, -0.1) is 0 Å². The van der Waals surface area contributed by atoms with E-state index in [0.717, 1.165) is 35.8 Å². The molecule has 0 saturated heterocycles. The van der Waals surface area contributed by atoms with E-state index >= 15 is 0 Å². The highest BCUT2D eigenvalue weighted by molar-refractivity contribution is 6.30. The summed E-state index contributed by atoms with van der Waals surface area (Å²) in [4.78, 5) is 6.21. The van der Waals surface area contributed by atoms with Gasteiger partial charge in [-0.25, -0.2) is 4.98 Å². The van der Waals surface area contributed by atoms with E-state index in [1.54, 1.807) is 6.20 Å². The largest absolute Gasteiger partial charge is 0.488 e. The number of benzene rings is 2. The van der Waals surface area contributed by atoms with Gasteiger partial charge in [0.2, 0.25) is 0 Å². The van der Waals surface area contributed by atoms with Crippen molar-refractivity contribution in [2.24, 2.45) is 0 Å². The van der Waals surface area contributed by atoms with Crippen LogP contribution in [0, 0.1) is 0 Å². The highest BCUT2D eigenvalue weighted by Gasteiger charge is 2.13. The fraction of sp³-hybridized carbons (Fsp3) is 0.286. The average Bonchev–Trinajstić information content (AvgIpc) is 3.14. The number of ether oxygens (including phenoxy) is 1. The van der Waals surface area contributed by atoms with Crippen LogP contribution in [0.25, 0.3) is 0 Å². The van der Waals surface area contributed by atoms with Gasteiger partial charge in [-0.05, 0) is 42.7 Å². The van der Waals surface area contributed by atoms with Gasteiger partial charge in [0.15, 0.2) is 0 Å². The summed E-state index contributed by atoms with van der Waals surface area (Å²) in [5.41, 5.74) is 2.39. The maximum atomic E-state index is 6.32. The first-order chi connectivity index (χ1) is 12.6. The van der Waals surface area contributed by atoms with Gasteiger partial charge >= 0.3 is 0 Å². The quantitative estimate of drug-likeness (QED) is 0.577. The first-order valence-corrected chi connectivity index (χ1v) is 9.12. The molecule has 3 aromatic rings. The summed E-state index contributed by atoms with van der Waals surface area (Å²) >= 11 is 5.98. The molecule has 0 aliphatic heterocycles. The first kappa shape index (κ1) is 18.3. The Morgan fingerprint density at radius 1 is 1.15 bits per heavy atom. The SMILES string of the molecule is CN(C)c1cccc(OC(CCc2ccc(Cl)cc2)Cn2ccnc2)c1. The van der Waals surface area contributed by atoms with Gasteiger partial charge in [0, 0.05) is 43.3 Å². The van der Waals surface area contributed by atoms with Gasteiger partial charge in [-0.2, -0.15) is 0 Å². The van der Waals surface area contributed by atoms with Crippen LogP contribution in [0.5, 0.6) is 5.75 Å². The van der Waals surface area contributed by atoms with E-state index in [-0.39, 0.29) is 6.10 Å². The molecule has 0 fully saturated rings. The van der Waals surface area contributed by atoms with Crippen molar-refractivity contribution >= 4 is 17.3 Å². The third-order valence-corrected chi connectivity index (χ3v) is 4.53. The van der Waals surface area contributed by atoms with Crippen molar-refractivity contribution < 1.29 is 4.74 Å². The number of hydrogen-bond acceptors (Lipinski definition) is 3. The minimum absolute atomic E-state index is 0.0530. The zero-order valence-corrected chi connectivity index (χ0v) is 15.9. The van der Waals surface area contributed by atoms with Crippen molar-refractivity contribution in [1.82, 2.24) is 9.55 Å². The lowest BCUT2D eigenvalue weighted by Gasteiger charge is -2.21. The van der Waals surface area contributed by atoms with Gasteiger partial charge < -0.3 is 14.2 Å². The van der Waals surface area contributed by atoms with Gasteiger partial charge in [-0.3, -0.25) is 0 Å². The second-order valence-electron chi connectivity index (χ2n) is 6.56. The van der Waals surface area contributed by atoms with Crippen LogP contribution in [0.1, 0.15) is 12.0 Å². The number of aryl methyl sites for hydroxylation is 1. The van der Waals surface area contributed by atoms with Crippen LogP contribution in [0.15, 0.2) is 67.3 Å². The fourth-order valence-electron chi connectivity index (χ4n) is 2.82. The van der Waals surface area contributed by atoms with Crippen molar-refractivity contribution in [3.05, 3.63) is 77.8 Å². The lowest BCUT2D eigenvalue weighted by molar-refractivity contribution is 0.170. The number of halogens is 1. The summed E-state index contributed by atoms with van der Waals surface area (Å²) in [7, 11) is 4.06. The van der Waals surface area contributed by atoms with Crippen molar-refractivity contribution in [3.63, 3.8) is 0 Å². The molecule has 136 valence electrons. The van der Waals surface area contributed by atoms with E-state index in [2.05, 4.69) is 38.7 Å². The Kier molecular flexibility index (Phi) is 6.18. The van der Waals surface area contributed by atoms with Crippen LogP contribution in [-0.2, 0) is 13.0 Å². The highest BCUT2D eigenvalue weighted by Crippen LogP contribution is 2.22. The molecule has 5 heteroatoms. The number of hydrogen-bond donors (Lipinski definition) is 0. The van der Waals surface area contributed by atoms with Crippen LogP contribution < -0.4 is 9.64 Å². The van der Waals surface area contributed by atoms with Crippen molar-refractivity contribution in [2.75, 3.05) is 19.0 Å². The van der Waals surface area contributed by atoms with E-state index in [1.165, 1.54) is 5.56 Å². The molecule has 3 rings (SSSR count). The summed E-state index contributed by atoms with van der Waals surface area (Å²) in [5, 5.41) is 0.764. The van der Waals surface area contributed by atoms with E-state index in [0.29, 0.717) is 0 Å². The Hall–Kier alpha value is -2.46. The van der Waals surface area contributed by atoms with Crippen LogP contribution in [0.4, 0.5) is 5.69 Å². The van der Waals surface area contributed by atoms with Crippen molar-refractivity contribution in [2.45, 2.75) is 25.5 Å². The number of nitrogens with zero attached hydrogens (tertiary/aromatic N) is 3. The summed E-state index contributed by atoms with van der Waals surface area (Å²) in [6, 6.07) is 16.2. The lowest BCUT2D eigenvalue weighted by atomic mass is 10.1. The Bertz CT molecular complexity index is 800. The van der Waals surface area contributed by atoms with Crippen LogP contribution in [0.2, 0.25) is 5.02 Å². The third-order valence-electron chi connectivity index (χ3n) is 4.28. The lowest BCUT2D eigenvalue weighted by Crippen LogP contribution is -2.23. The topological polar surface area (TPSA) is 30.3 Å². The molecule has 1 heterocycles. The van der Waals surface area contributed by atoms with E-state index in [1.807, 2.05) is 50.9 Å². The number of anilines is 1. The Morgan fingerprint density at radius 3 is 2.65 bits per heavy atom. The van der Waals surface area contributed by atoms with Crippen LogP contribution in [0.3, 0.4) is 0 Å². The van der Waals surface area contributed by atoms with E-state index < -0.39 is 0 Å². The summed E-state index contributed by atoms with van der Waals surface area (Å²) < 4.78 is 8.38. The fourth-order valence-corrected chi connectivity index (χ4v) is 2.95.